The van der Waals surface area contributed by atoms with Gasteiger partial charge >= 0.3 is 5.97 Å². The molecule has 0 amide bonds. The van der Waals surface area contributed by atoms with E-state index >= 15 is 0 Å². The summed E-state index contributed by atoms with van der Waals surface area (Å²) >= 11 is 0. The van der Waals surface area contributed by atoms with Gasteiger partial charge < -0.3 is 9.84 Å². The largest absolute Gasteiger partial charge is 0.481 e. The van der Waals surface area contributed by atoms with E-state index in [1.807, 2.05) is 24.3 Å². The molecule has 0 bridgehead atoms. The fraction of sp³-hybridized carbons (Fsp3) is 0.462. The number of benzene rings is 1. The molecule has 0 saturated carbocycles. The zero-order valence-corrected chi connectivity index (χ0v) is 10.7. The molecule has 0 fully saturated rings. The minimum atomic E-state index is -0.816. The maximum absolute atomic E-state index is 10.8. The number of carboxylic acids is 1. The summed E-state index contributed by atoms with van der Waals surface area (Å²) in [5.74, 6) is -1.30. The van der Waals surface area contributed by atoms with E-state index in [1.165, 1.54) is 0 Å². The highest BCUT2D eigenvalue weighted by Crippen LogP contribution is 2.15. The molecular formula is C13H19NO4. The number of carbonyl (C=O) groups is 1. The Morgan fingerprint density at radius 3 is 2.56 bits per heavy atom. The van der Waals surface area contributed by atoms with Crippen LogP contribution in [0.5, 0.6) is 0 Å². The molecule has 0 saturated heterocycles. The van der Waals surface area contributed by atoms with Crippen LogP contribution in [0.2, 0.25) is 0 Å². The van der Waals surface area contributed by atoms with Crippen molar-refractivity contribution in [1.82, 2.24) is 5.48 Å². The van der Waals surface area contributed by atoms with Crippen LogP contribution in [0.3, 0.4) is 0 Å². The average molecular weight is 253 g/mol. The molecule has 0 aliphatic rings. The lowest BCUT2D eigenvalue weighted by Crippen LogP contribution is -2.17. The Morgan fingerprint density at radius 1 is 1.33 bits per heavy atom. The standard InChI is InChI=1S/C13H19NO4/c1-10(13(15)16)12-5-3-11(4-6-12)9-14-18-8-7-17-2/h3-6,10,14H,7-9H2,1-2H3,(H,15,16). The maximum Gasteiger partial charge on any atom is 0.310 e. The first-order valence-corrected chi connectivity index (χ1v) is 5.80. The second kappa shape index (κ2) is 7.81. The third-order valence-corrected chi connectivity index (χ3v) is 2.62. The van der Waals surface area contributed by atoms with Crippen molar-refractivity contribution in [2.45, 2.75) is 19.4 Å². The van der Waals surface area contributed by atoms with Gasteiger partial charge in [-0.2, -0.15) is 5.48 Å². The monoisotopic (exact) mass is 253 g/mol. The Bertz CT molecular complexity index is 364. The highest BCUT2D eigenvalue weighted by atomic mass is 16.7. The zero-order valence-electron chi connectivity index (χ0n) is 10.7. The van der Waals surface area contributed by atoms with Crippen LogP contribution in [0.1, 0.15) is 24.0 Å². The van der Waals surface area contributed by atoms with Crippen molar-refractivity contribution in [3.8, 4) is 0 Å². The van der Waals surface area contributed by atoms with Crippen molar-refractivity contribution < 1.29 is 19.5 Å². The summed E-state index contributed by atoms with van der Waals surface area (Å²) in [4.78, 5) is 15.9. The highest BCUT2D eigenvalue weighted by Gasteiger charge is 2.12. The lowest BCUT2D eigenvalue weighted by atomic mass is 10.0. The van der Waals surface area contributed by atoms with Crippen molar-refractivity contribution in [2.24, 2.45) is 0 Å². The summed E-state index contributed by atoms with van der Waals surface area (Å²) in [5, 5.41) is 8.88. The molecule has 0 aliphatic heterocycles. The summed E-state index contributed by atoms with van der Waals surface area (Å²) < 4.78 is 4.84. The van der Waals surface area contributed by atoms with Gasteiger partial charge in [0.1, 0.15) is 0 Å². The van der Waals surface area contributed by atoms with Gasteiger partial charge in [-0.3, -0.25) is 9.63 Å². The van der Waals surface area contributed by atoms with Gasteiger partial charge in [0.15, 0.2) is 0 Å². The maximum atomic E-state index is 10.8. The molecule has 1 aromatic carbocycles. The number of hydroxylamine groups is 1. The third-order valence-electron chi connectivity index (χ3n) is 2.62. The minimum absolute atomic E-state index is 0.482. The van der Waals surface area contributed by atoms with Crippen molar-refractivity contribution in [2.75, 3.05) is 20.3 Å². The van der Waals surface area contributed by atoms with Gasteiger partial charge in [0, 0.05) is 13.7 Å². The Kier molecular flexibility index (Phi) is 6.35. The second-order valence-corrected chi connectivity index (χ2v) is 3.96. The van der Waals surface area contributed by atoms with Crippen LogP contribution in [-0.2, 0) is 20.9 Å². The molecule has 18 heavy (non-hydrogen) atoms. The van der Waals surface area contributed by atoms with Crippen LogP contribution in [-0.4, -0.2) is 31.4 Å². The molecule has 1 aromatic rings. The number of hydrogen-bond acceptors (Lipinski definition) is 4. The van der Waals surface area contributed by atoms with Crippen molar-refractivity contribution in [3.63, 3.8) is 0 Å². The number of ether oxygens (including phenoxy) is 1. The van der Waals surface area contributed by atoms with E-state index in [2.05, 4.69) is 5.48 Å². The molecule has 0 heterocycles. The first kappa shape index (κ1) is 14.6. The minimum Gasteiger partial charge on any atom is -0.481 e. The first-order valence-electron chi connectivity index (χ1n) is 5.80. The van der Waals surface area contributed by atoms with Gasteiger partial charge in [0.25, 0.3) is 0 Å². The molecule has 1 unspecified atom stereocenters. The van der Waals surface area contributed by atoms with Gasteiger partial charge in [0.05, 0.1) is 19.1 Å². The number of nitrogens with one attached hydrogen (secondary N) is 1. The van der Waals surface area contributed by atoms with Crippen LogP contribution >= 0.6 is 0 Å². The second-order valence-electron chi connectivity index (χ2n) is 3.96. The average Bonchev–Trinajstić information content (AvgIpc) is 2.38. The van der Waals surface area contributed by atoms with Gasteiger partial charge in [-0.25, -0.2) is 0 Å². The van der Waals surface area contributed by atoms with Crippen LogP contribution in [0.15, 0.2) is 24.3 Å². The third kappa shape index (κ3) is 4.83. The van der Waals surface area contributed by atoms with E-state index in [0.29, 0.717) is 19.8 Å². The molecular weight excluding hydrogens is 234 g/mol. The fourth-order valence-corrected chi connectivity index (χ4v) is 1.40. The first-order chi connectivity index (χ1) is 8.65. The van der Waals surface area contributed by atoms with Crippen LogP contribution in [0.25, 0.3) is 0 Å². The van der Waals surface area contributed by atoms with E-state index in [4.69, 9.17) is 14.7 Å². The summed E-state index contributed by atoms with van der Waals surface area (Å²) in [6.45, 7) is 3.28. The molecule has 0 aliphatic carbocycles. The van der Waals surface area contributed by atoms with Crippen molar-refractivity contribution >= 4 is 5.97 Å². The summed E-state index contributed by atoms with van der Waals surface area (Å²) in [6, 6.07) is 7.43. The molecule has 5 heteroatoms. The lowest BCUT2D eigenvalue weighted by Gasteiger charge is -2.08. The van der Waals surface area contributed by atoms with Gasteiger partial charge in [-0.15, -0.1) is 0 Å². The molecule has 0 radical (unpaired) electrons. The van der Waals surface area contributed by atoms with Gasteiger partial charge in [0.2, 0.25) is 0 Å². The molecule has 1 atom stereocenters. The SMILES string of the molecule is COCCONCc1ccc(C(C)C(=O)O)cc1. The Labute approximate surface area is 107 Å². The molecule has 0 spiro atoms. The Balaban J connectivity index is 2.38. The van der Waals surface area contributed by atoms with Crippen LogP contribution in [0, 0.1) is 0 Å². The van der Waals surface area contributed by atoms with Crippen LogP contribution in [0.4, 0.5) is 0 Å². The van der Waals surface area contributed by atoms with Gasteiger partial charge in [-0.1, -0.05) is 24.3 Å². The molecule has 0 aromatic heterocycles. The van der Waals surface area contributed by atoms with Crippen molar-refractivity contribution in [3.05, 3.63) is 35.4 Å². The number of carboxylic acid groups (broad SMARTS) is 1. The van der Waals surface area contributed by atoms with Gasteiger partial charge in [-0.05, 0) is 18.1 Å². The quantitative estimate of drug-likeness (QED) is 0.543. The van der Waals surface area contributed by atoms with E-state index in [0.717, 1.165) is 11.1 Å². The topological polar surface area (TPSA) is 67.8 Å². The number of rotatable bonds is 8. The molecule has 2 N–H and O–H groups in total. The van der Waals surface area contributed by atoms with E-state index in [1.54, 1.807) is 14.0 Å². The van der Waals surface area contributed by atoms with E-state index in [9.17, 15) is 4.79 Å². The number of aliphatic carboxylic acids is 1. The number of hydrogen-bond donors (Lipinski definition) is 2. The smallest absolute Gasteiger partial charge is 0.310 e. The summed E-state index contributed by atoms with van der Waals surface area (Å²) in [5.41, 5.74) is 4.65. The predicted molar refractivity (Wildman–Crippen MR) is 67.2 cm³/mol. The molecule has 1 rings (SSSR count). The normalized spacial score (nSPS) is 12.3. The Hall–Kier alpha value is -1.43. The Morgan fingerprint density at radius 2 is 2.00 bits per heavy atom. The molecule has 5 nitrogen and oxygen atoms in total. The number of methoxy groups -OCH3 is 1. The lowest BCUT2D eigenvalue weighted by molar-refractivity contribution is -0.138. The molecule has 100 valence electrons. The predicted octanol–water partition coefficient (Wildman–Crippen LogP) is 1.54. The zero-order chi connectivity index (χ0) is 13.4. The summed E-state index contributed by atoms with van der Waals surface area (Å²) in [7, 11) is 1.62. The van der Waals surface area contributed by atoms with Crippen LogP contribution < -0.4 is 5.48 Å². The van der Waals surface area contributed by atoms with E-state index < -0.39 is 11.9 Å². The summed E-state index contributed by atoms with van der Waals surface area (Å²) in [6.07, 6.45) is 0. The van der Waals surface area contributed by atoms with E-state index in [-0.39, 0.29) is 0 Å². The van der Waals surface area contributed by atoms with Crippen molar-refractivity contribution in [1.29, 1.82) is 0 Å². The fourth-order valence-electron chi connectivity index (χ4n) is 1.40. The highest BCUT2D eigenvalue weighted by molar-refractivity contribution is 5.75.